The molecule has 2 aromatic carbocycles. The van der Waals surface area contributed by atoms with Crippen molar-refractivity contribution in [2.75, 3.05) is 33.2 Å². The van der Waals surface area contributed by atoms with E-state index >= 15 is 0 Å². The maximum absolute atomic E-state index is 13.0. The standard InChI is InChI=1S/C21H21F6N2.CHF3O3S/c1-29-12-10-28(11-13-29)18(14-2-6-16(7-3-14)20(22,23)24)19(29)15-4-8-17(9-5-15)21(25,26)27;2-1(3,4)8(5,6)7/h2-9,18-19H,10-13H2,1H3;(H,5,6,7)/q+1;/p-1/t18-,19-;/m0./s1. The van der Waals surface area contributed by atoms with Crippen molar-refractivity contribution in [2.45, 2.75) is 29.9 Å². The molecule has 2 aromatic rings. The van der Waals surface area contributed by atoms with Gasteiger partial charge in [0.2, 0.25) is 0 Å². The monoisotopic (exact) mass is 564 g/mol. The van der Waals surface area contributed by atoms with Crippen molar-refractivity contribution in [1.29, 1.82) is 0 Å². The lowest BCUT2D eigenvalue weighted by atomic mass is 9.84. The predicted octanol–water partition coefficient (Wildman–Crippen LogP) is 5.33. The number of piperazine rings is 3. The van der Waals surface area contributed by atoms with Crippen LogP contribution in [0.2, 0.25) is 0 Å². The number of rotatable bonds is 2. The van der Waals surface area contributed by atoms with Gasteiger partial charge in [0.05, 0.1) is 37.3 Å². The molecule has 3 aliphatic heterocycles. The molecule has 2 atom stereocenters. The van der Waals surface area contributed by atoms with E-state index in [0.717, 1.165) is 61.6 Å². The summed E-state index contributed by atoms with van der Waals surface area (Å²) < 4.78 is 137. The zero-order valence-corrected chi connectivity index (χ0v) is 19.8. The first kappa shape index (κ1) is 29.2. The second-order valence-electron chi connectivity index (χ2n) is 8.99. The van der Waals surface area contributed by atoms with Gasteiger partial charge in [-0.05, 0) is 29.8 Å². The van der Waals surface area contributed by atoms with Crippen molar-refractivity contribution in [3.8, 4) is 0 Å². The molecule has 5 nitrogen and oxygen atoms in total. The molecule has 2 bridgehead atoms. The Hall–Kier alpha value is -2.36. The Labute approximate surface area is 206 Å². The zero-order valence-electron chi connectivity index (χ0n) is 19.0. The Morgan fingerprint density at radius 1 is 0.757 bits per heavy atom. The van der Waals surface area contributed by atoms with E-state index in [1.54, 1.807) is 0 Å². The summed E-state index contributed by atoms with van der Waals surface area (Å²) in [5.74, 6) is 0. The fourth-order valence-electron chi connectivity index (χ4n) is 4.71. The second-order valence-corrected chi connectivity index (χ2v) is 10.4. The van der Waals surface area contributed by atoms with Crippen LogP contribution in [0.4, 0.5) is 39.5 Å². The fraction of sp³-hybridized carbons (Fsp3) is 0.455. The van der Waals surface area contributed by atoms with Crippen molar-refractivity contribution in [3.05, 3.63) is 70.8 Å². The largest absolute Gasteiger partial charge is 0.741 e. The van der Waals surface area contributed by atoms with Gasteiger partial charge in [0.15, 0.2) is 10.1 Å². The fourth-order valence-corrected chi connectivity index (χ4v) is 4.71. The van der Waals surface area contributed by atoms with Gasteiger partial charge in [-0.3, -0.25) is 4.90 Å². The maximum atomic E-state index is 13.0. The summed E-state index contributed by atoms with van der Waals surface area (Å²) in [6.45, 7) is 3.31. The van der Waals surface area contributed by atoms with Crippen LogP contribution in [0.25, 0.3) is 0 Å². The third kappa shape index (κ3) is 6.38. The van der Waals surface area contributed by atoms with Gasteiger partial charge in [0.1, 0.15) is 6.04 Å². The van der Waals surface area contributed by atoms with Gasteiger partial charge in [-0.15, -0.1) is 0 Å². The lowest BCUT2D eigenvalue weighted by Gasteiger charge is -2.58. The Bertz CT molecular complexity index is 1180. The molecule has 3 fully saturated rings. The van der Waals surface area contributed by atoms with E-state index < -0.39 is 39.1 Å². The summed E-state index contributed by atoms with van der Waals surface area (Å²) in [6.07, 6.45) is -8.81. The summed E-state index contributed by atoms with van der Waals surface area (Å²) in [6, 6.07) is 10.0. The van der Waals surface area contributed by atoms with Crippen LogP contribution in [0.15, 0.2) is 48.5 Å². The van der Waals surface area contributed by atoms with Crippen molar-refractivity contribution >= 4 is 10.1 Å². The van der Waals surface area contributed by atoms with Crippen molar-refractivity contribution in [3.63, 3.8) is 0 Å². The average Bonchev–Trinajstić information content (AvgIpc) is 2.77. The van der Waals surface area contributed by atoms with Gasteiger partial charge >= 0.3 is 17.9 Å². The van der Waals surface area contributed by atoms with Gasteiger partial charge in [0, 0.05) is 18.7 Å². The molecule has 0 N–H and O–H groups in total. The quantitative estimate of drug-likeness (QED) is 0.214. The topological polar surface area (TPSA) is 60.4 Å². The number of nitrogens with zero attached hydrogens (tertiary/aromatic N) is 2. The molecule has 3 aliphatic rings. The number of quaternary nitrogens is 1. The van der Waals surface area contributed by atoms with Gasteiger partial charge in [-0.2, -0.15) is 39.5 Å². The highest BCUT2D eigenvalue weighted by molar-refractivity contribution is 7.86. The number of benzene rings is 2. The molecular weight excluding hydrogens is 543 g/mol. The lowest BCUT2D eigenvalue weighted by molar-refractivity contribution is -0.958. The third-order valence-electron chi connectivity index (χ3n) is 6.60. The Morgan fingerprint density at radius 2 is 1.11 bits per heavy atom. The molecule has 3 saturated heterocycles. The number of hydrogen-bond donors (Lipinski definition) is 0. The molecule has 3 heterocycles. The summed E-state index contributed by atoms with van der Waals surface area (Å²) in [5, 5.41) is 0. The highest BCUT2D eigenvalue weighted by atomic mass is 32.2. The number of halogens is 9. The maximum Gasteiger partial charge on any atom is 0.485 e. The van der Waals surface area contributed by atoms with E-state index in [2.05, 4.69) is 11.9 Å². The van der Waals surface area contributed by atoms with Gasteiger partial charge in [-0.25, -0.2) is 8.42 Å². The first-order valence-electron chi connectivity index (χ1n) is 10.7. The highest BCUT2D eigenvalue weighted by Gasteiger charge is 2.51. The minimum Gasteiger partial charge on any atom is -0.741 e. The first-order chi connectivity index (χ1) is 16.7. The van der Waals surface area contributed by atoms with E-state index in [0.29, 0.717) is 4.48 Å². The molecule has 0 spiro atoms. The molecule has 0 aromatic heterocycles. The van der Waals surface area contributed by atoms with Gasteiger partial charge in [0.25, 0.3) is 0 Å². The molecule has 0 aliphatic carbocycles. The molecular formula is C22H21F9N2O3S. The van der Waals surface area contributed by atoms with Crippen LogP contribution in [0, 0.1) is 0 Å². The van der Waals surface area contributed by atoms with Gasteiger partial charge in [-0.1, -0.05) is 24.3 Å². The van der Waals surface area contributed by atoms with Crippen LogP contribution >= 0.6 is 0 Å². The first-order valence-corrected chi connectivity index (χ1v) is 12.1. The van der Waals surface area contributed by atoms with Crippen LogP contribution in [-0.4, -0.2) is 61.1 Å². The summed E-state index contributed by atoms with van der Waals surface area (Å²) in [7, 11) is -4.01. The van der Waals surface area contributed by atoms with Crippen LogP contribution in [0.3, 0.4) is 0 Å². The Kier molecular flexibility index (Phi) is 7.69. The summed E-state index contributed by atoms with van der Waals surface area (Å²) >= 11 is 0. The number of alkyl halides is 9. The normalized spacial score (nSPS) is 26.4. The highest BCUT2D eigenvalue weighted by Crippen LogP contribution is 2.48. The lowest BCUT2D eigenvalue weighted by Crippen LogP contribution is -2.67. The number of likely N-dealkylation sites (N-methyl/N-ethyl adjacent to an activating group) is 1. The van der Waals surface area contributed by atoms with E-state index in [4.69, 9.17) is 13.0 Å². The van der Waals surface area contributed by atoms with E-state index in [9.17, 15) is 39.5 Å². The molecule has 206 valence electrons. The predicted molar refractivity (Wildman–Crippen MR) is 112 cm³/mol. The van der Waals surface area contributed by atoms with Crippen molar-refractivity contribution < 1.29 is 57.0 Å². The molecule has 0 radical (unpaired) electrons. The molecule has 15 heteroatoms. The molecule has 0 amide bonds. The Morgan fingerprint density at radius 3 is 1.43 bits per heavy atom. The van der Waals surface area contributed by atoms with Crippen LogP contribution in [0.5, 0.6) is 0 Å². The van der Waals surface area contributed by atoms with Crippen LogP contribution < -0.4 is 0 Å². The van der Waals surface area contributed by atoms with E-state index in [1.165, 1.54) is 24.3 Å². The molecule has 5 rings (SSSR count). The van der Waals surface area contributed by atoms with E-state index in [1.807, 2.05) is 0 Å². The smallest absolute Gasteiger partial charge is 0.485 e. The summed E-state index contributed by atoms with van der Waals surface area (Å²) in [4.78, 5) is 2.23. The van der Waals surface area contributed by atoms with Crippen LogP contribution in [-0.2, 0) is 22.5 Å². The van der Waals surface area contributed by atoms with Crippen molar-refractivity contribution in [1.82, 2.24) is 4.90 Å². The third-order valence-corrected chi connectivity index (χ3v) is 7.17. The number of hydrogen-bond acceptors (Lipinski definition) is 4. The average molecular weight is 564 g/mol. The molecule has 0 unspecified atom stereocenters. The van der Waals surface area contributed by atoms with Crippen LogP contribution in [0.1, 0.15) is 34.3 Å². The second kappa shape index (κ2) is 9.75. The van der Waals surface area contributed by atoms with Gasteiger partial charge < -0.3 is 9.04 Å². The molecule has 37 heavy (non-hydrogen) atoms. The molecule has 0 saturated carbocycles. The minimum atomic E-state index is -6.09. The van der Waals surface area contributed by atoms with Crippen molar-refractivity contribution in [2.24, 2.45) is 0 Å². The minimum absolute atomic E-state index is 0.142. The summed E-state index contributed by atoms with van der Waals surface area (Å²) in [5.41, 5.74) is -5.52. The zero-order chi connectivity index (χ0) is 28.0. The SMILES string of the molecule is C[N+]12CCN(CC1)[C@@H](c1ccc(C(F)(F)F)cc1)[C@@H]2c1ccc(C(F)(F)F)cc1.O=S(=O)([O-])C(F)(F)F. The number of fused-ring (bicyclic) bond motifs is 3. The van der Waals surface area contributed by atoms with E-state index in [-0.39, 0.29) is 12.1 Å². The Balaban J connectivity index is 0.000000414.